The van der Waals surface area contributed by atoms with Crippen LogP contribution in [0.4, 0.5) is 11.4 Å². The van der Waals surface area contributed by atoms with Crippen LogP contribution in [0.15, 0.2) is 42.5 Å². The summed E-state index contributed by atoms with van der Waals surface area (Å²) in [5.74, 6) is -0.0689. The van der Waals surface area contributed by atoms with Crippen LogP contribution < -0.4 is 10.1 Å². The van der Waals surface area contributed by atoms with Gasteiger partial charge in [-0.1, -0.05) is 44.7 Å². The lowest BCUT2D eigenvalue weighted by Gasteiger charge is -2.33. The van der Waals surface area contributed by atoms with Crippen molar-refractivity contribution < 1.29 is 29.6 Å². The van der Waals surface area contributed by atoms with E-state index < -0.39 is 39.3 Å². The number of ether oxygens (including phenoxy) is 1. The van der Waals surface area contributed by atoms with Gasteiger partial charge in [0.1, 0.15) is 5.75 Å². The number of carbonyl (C=O) groups is 1. The first kappa shape index (κ1) is 29.7. The van der Waals surface area contributed by atoms with Gasteiger partial charge in [0.2, 0.25) is 0 Å². The number of aryl methyl sites for hydroxylation is 1. The number of nitro groups is 2. The van der Waals surface area contributed by atoms with E-state index in [4.69, 9.17) is 4.74 Å². The van der Waals surface area contributed by atoms with Gasteiger partial charge in [-0.3, -0.25) is 25.0 Å². The van der Waals surface area contributed by atoms with E-state index in [1.165, 1.54) is 19.3 Å². The van der Waals surface area contributed by atoms with Crippen molar-refractivity contribution in [3.05, 3.63) is 73.8 Å². The first-order valence-electron chi connectivity index (χ1n) is 12.4. The van der Waals surface area contributed by atoms with Crippen LogP contribution in [-0.2, 0) is 6.42 Å². The number of nitrogens with zero attached hydrogens (tertiary/aromatic N) is 2. The maximum Gasteiger partial charge on any atom is 0.277 e. The molecule has 0 aromatic heterocycles. The SMILES string of the molecule is CCCCCCCOc1ccc(CCC(CO)(CCO)NC(=O)c2cc([N+](=O)[O-])cc([N+](=O)[O-])c2)cc1. The fraction of sp³-hybridized carbons (Fsp3) is 0.500. The number of rotatable bonds is 17. The molecule has 11 nitrogen and oxygen atoms in total. The second kappa shape index (κ2) is 14.9. The molecule has 202 valence electrons. The summed E-state index contributed by atoms with van der Waals surface area (Å²) in [6.45, 7) is 1.98. The van der Waals surface area contributed by atoms with Gasteiger partial charge in [-0.15, -0.1) is 0 Å². The largest absolute Gasteiger partial charge is 0.494 e. The Labute approximate surface area is 215 Å². The van der Waals surface area contributed by atoms with Crippen LogP contribution in [0.1, 0.15) is 67.8 Å². The van der Waals surface area contributed by atoms with Crippen molar-refractivity contribution in [3.8, 4) is 5.75 Å². The Balaban J connectivity index is 2.06. The standard InChI is InChI=1S/C26H35N3O8/c1-2-3-4-5-6-15-37-24-9-7-20(8-10-24)11-12-26(19-31,13-14-30)27-25(32)21-16-22(28(33)34)18-23(17-21)29(35)36/h7-10,16-18,30-31H,2-6,11-15,19H2,1H3,(H,27,32). The van der Waals surface area contributed by atoms with Crippen LogP contribution >= 0.6 is 0 Å². The molecule has 0 radical (unpaired) electrons. The van der Waals surface area contributed by atoms with Crippen molar-refractivity contribution in [2.45, 2.75) is 63.8 Å². The van der Waals surface area contributed by atoms with Gasteiger partial charge < -0.3 is 20.3 Å². The number of nitro benzene ring substituents is 2. The molecule has 0 aliphatic heterocycles. The molecule has 1 atom stereocenters. The van der Waals surface area contributed by atoms with Gasteiger partial charge in [-0.2, -0.15) is 0 Å². The minimum absolute atomic E-state index is 0.0193. The van der Waals surface area contributed by atoms with E-state index in [2.05, 4.69) is 12.2 Å². The van der Waals surface area contributed by atoms with Gasteiger partial charge in [-0.25, -0.2) is 0 Å². The molecule has 11 heteroatoms. The summed E-state index contributed by atoms with van der Waals surface area (Å²) < 4.78 is 5.77. The van der Waals surface area contributed by atoms with Crippen LogP contribution in [0.3, 0.4) is 0 Å². The molecule has 0 fully saturated rings. The molecule has 0 aliphatic carbocycles. The van der Waals surface area contributed by atoms with Crippen molar-refractivity contribution in [1.29, 1.82) is 0 Å². The van der Waals surface area contributed by atoms with Gasteiger partial charge in [0.15, 0.2) is 0 Å². The van der Waals surface area contributed by atoms with Gasteiger partial charge in [0.25, 0.3) is 17.3 Å². The highest BCUT2D eigenvalue weighted by Gasteiger charge is 2.32. The number of carbonyl (C=O) groups excluding carboxylic acids is 1. The number of unbranched alkanes of at least 4 members (excludes halogenated alkanes) is 4. The van der Waals surface area contributed by atoms with Crippen molar-refractivity contribution in [3.63, 3.8) is 0 Å². The van der Waals surface area contributed by atoms with E-state index in [0.717, 1.165) is 42.4 Å². The quantitative estimate of drug-likeness (QED) is 0.158. The zero-order valence-electron chi connectivity index (χ0n) is 21.1. The van der Waals surface area contributed by atoms with Crippen LogP contribution in [-0.4, -0.2) is 51.3 Å². The van der Waals surface area contributed by atoms with E-state index in [0.29, 0.717) is 13.0 Å². The third-order valence-corrected chi connectivity index (χ3v) is 6.19. The number of hydrogen-bond donors (Lipinski definition) is 3. The molecule has 0 saturated carbocycles. The number of aliphatic hydroxyl groups is 2. The molecule has 1 amide bonds. The van der Waals surface area contributed by atoms with Crippen LogP contribution in [0.25, 0.3) is 0 Å². The van der Waals surface area contributed by atoms with Crippen molar-refractivity contribution in [2.75, 3.05) is 19.8 Å². The molecular weight excluding hydrogens is 482 g/mol. The highest BCUT2D eigenvalue weighted by Crippen LogP contribution is 2.25. The van der Waals surface area contributed by atoms with Gasteiger partial charge >= 0.3 is 0 Å². The van der Waals surface area contributed by atoms with E-state index in [9.17, 15) is 35.2 Å². The Kier molecular flexibility index (Phi) is 11.9. The number of amides is 1. The Bertz CT molecular complexity index is 1010. The summed E-state index contributed by atoms with van der Waals surface area (Å²) in [4.78, 5) is 33.6. The van der Waals surface area contributed by atoms with E-state index in [1.807, 2.05) is 24.3 Å². The number of aliphatic hydroxyl groups excluding tert-OH is 2. The third-order valence-electron chi connectivity index (χ3n) is 6.19. The van der Waals surface area contributed by atoms with Crippen LogP contribution in [0.5, 0.6) is 5.75 Å². The van der Waals surface area contributed by atoms with Crippen LogP contribution in [0, 0.1) is 20.2 Å². The van der Waals surface area contributed by atoms with Gasteiger partial charge in [0, 0.05) is 18.7 Å². The number of benzene rings is 2. The average molecular weight is 518 g/mol. The minimum Gasteiger partial charge on any atom is -0.494 e. The average Bonchev–Trinajstić information content (AvgIpc) is 2.89. The van der Waals surface area contributed by atoms with E-state index in [-0.39, 0.29) is 25.0 Å². The Morgan fingerprint density at radius 1 is 0.946 bits per heavy atom. The lowest BCUT2D eigenvalue weighted by atomic mass is 9.88. The first-order chi connectivity index (χ1) is 17.7. The Hall–Kier alpha value is -3.57. The molecule has 0 heterocycles. The predicted molar refractivity (Wildman–Crippen MR) is 138 cm³/mol. The topological polar surface area (TPSA) is 165 Å². The zero-order valence-corrected chi connectivity index (χ0v) is 21.1. The smallest absolute Gasteiger partial charge is 0.277 e. The molecule has 3 N–H and O–H groups in total. The van der Waals surface area contributed by atoms with Crippen molar-refractivity contribution in [1.82, 2.24) is 5.32 Å². The molecule has 0 aliphatic rings. The predicted octanol–water partition coefficient (Wildman–Crippen LogP) is 4.33. The molecular formula is C26H35N3O8. The van der Waals surface area contributed by atoms with E-state index in [1.54, 1.807) is 0 Å². The summed E-state index contributed by atoms with van der Waals surface area (Å²) in [6.07, 6.45) is 6.48. The third kappa shape index (κ3) is 9.43. The minimum atomic E-state index is -1.24. The summed E-state index contributed by atoms with van der Waals surface area (Å²) in [7, 11) is 0. The first-order valence-corrected chi connectivity index (χ1v) is 12.4. The monoisotopic (exact) mass is 517 g/mol. The van der Waals surface area contributed by atoms with Crippen molar-refractivity contribution >= 4 is 17.3 Å². The number of hydrogen-bond acceptors (Lipinski definition) is 8. The van der Waals surface area contributed by atoms with Crippen molar-refractivity contribution in [2.24, 2.45) is 0 Å². The highest BCUT2D eigenvalue weighted by atomic mass is 16.6. The Morgan fingerprint density at radius 3 is 2.11 bits per heavy atom. The molecule has 37 heavy (non-hydrogen) atoms. The lowest BCUT2D eigenvalue weighted by Crippen LogP contribution is -2.52. The summed E-state index contributed by atoms with van der Waals surface area (Å²) in [5.41, 5.74) is -1.79. The second-order valence-corrected chi connectivity index (χ2v) is 9.03. The maximum atomic E-state index is 12.9. The number of non-ortho nitro benzene ring substituents is 2. The maximum absolute atomic E-state index is 12.9. The fourth-order valence-electron chi connectivity index (χ4n) is 3.94. The summed E-state index contributed by atoms with van der Waals surface area (Å²) in [5, 5.41) is 44.7. The molecule has 0 saturated heterocycles. The highest BCUT2D eigenvalue weighted by molar-refractivity contribution is 5.96. The molecule has 0 spiro atoms. The van der Waals surface area contributed by atoms with Gasteiger partial charge in [0.05, 0.1) is 40.2 Å². The second-order valence-electron chi connectivity index (χ2n) is 9.03. The zero-order chi connectivity index (χ0) is 27.3. The number of nitrogens with one attached hydrogen (secondary N) is 1. The summed E-state index contributed by atoms with van der Waals surface area (Å²) in [6, 6.07) is 10.1. The molecule has 2 rings (SSSR count). The molecule has 2 aromatic rings. The molecule has 0 bridgehead atoms. The summed E-state index contributed by atoms with van der Waals surface area (Å²) >= 11 is 0. The van der Waals surface area contributed by atoms with E-state index >= 15 is 0 Å². The lowest BCUT2D eigenvalue weighted by molar-refractivity contribution is -0.394. The normalized spacial score (nSPS) is 12.5. The van der Waals surface area contributed by atoms with Crippen LogP contribution in [0.2, 0.25) is 0 Å². The Morgan fingerprint density at radius 2 is 1.57 bits per heavy atom. The molecule has 1 unspecified atom stereocenters. The van der Waals surface area contributed by atoms with Gasteiger partial charge in [-0.05, 0) is 43.4 Å². The fourth-order valence-corrected chi connectivity index (χ4v) is 3.94. The molecule has 2 aromatic carbocycles.